The Kier molecular flexibility index (Phi) is 4.75. The Labute approximate surface area is 141 Å². The zero-order valence-corrected chi connectivity index (χ0v) is 14.3. The number of anilines is 2. The Morgan fingerprint density at radius 2 is 2.08 bits per heavy atom. The third kappa shape index (κ3) is 3.70. The molecule has 2 aromatic heterocycles. The van der Waals surface area contributed by atoms with Gasteiger partial charge in [-0.05, 0) is 26.3 Å². The first kappa shape index (κ1) is 16.4. The smallest absolute Gasteiger partial charge is 0.238 e. The Morgan fingerprint density at radius 1 is 1.33 bits per heavy atom. The number of aryl methyl sites for hydroxylation is 2. The van der Waals surface area contributed by atoms with Crippen molar-refractivity contribution in [3.05, 3.63) is 29.8 Å². The highest BCUT2D eigenvalue weighted by atomic mass is 16.2. The van der Waals surface area contributed by atoms with E-state index in [9.17, 15) is 4.79 Å². The van der Waals surface area contributed by atoms with E-state index in [1.54, 1.807) is 23.1 Å². The number of hydrogen-bond acceptors (Lipinski definition) is 6. The number of nitrogens with zero attached hydrogens (tertiary/aromatic N) is 5. The first-order valence-electron chi connectivity index (χ1n) is 8.09. The lowest BCUT2D eigenvalue weighted by Crippen LogP contribution is -2.33. The summed E-state index contributed by atoms with van der Waals surface area (Å²) in [5.74, 6) is 0.626. The monoisotopic (exact) mass is 329 g/mol. The van der Waals surface area contributed by atoms with Crippen LogP contribution in [0.1, 0.15) is 17.8 Å². The van der Waals surface area contributed by atoms with Crippen molar-refractivity contribution in [1.82, 2.24) is 24.6 Å². The Morgan fingerprint density at radius 3 is 2.75 bits per heavy atom. The van der Waals surface area contributed by atoms with Crippen LogP contribution in [0.25, 0.3) is 0 Å². The minimum absolute atomic E-state index is 0.00851. The molecule has 1 saturated heterocycles. The largest absolute Gasteiger partial charge is 0.350 e. The van der Waals surface area contributed by atoms with Crippen molar-refractivity contribution in [2.75, 3.05) is 30.3 Å². The first-order valence-corrected chi connectivity index (χ1v) is 8.09. The molecule has 0 radical (unpaired) electrons. The van der Waals surface area contributed by atoms with Gasteiger partial charge in [0.25, 0.3) is 0 Å². The van der Waals surface area contributed by atoms with Crippen LogP contribution in [0.2, 0.25) is 0 Å². The van der Waals surface area contributed by atoms with Crippen LogP contribution in [0.5, 0.6) is 0 Å². The van der Waals surface area contributed by atoms with Gasteiger partial charge in [0, 0.05) is 38.6 Å². The molecule has 8 heteroatoms. The van der Waals surface area contributed by atoms with Gasteiger partial charge < -0.3 is 10.6 Å². The van der Waals surface area contributed by atoms with Gasteiger partial charge in [-0.3, -0.25) is 14.4 Å². The van der Waals surface area contributed by atoms with Crippen molar-refractivity contribution in [2.24, 2.45) is 7.05 Å². The summed E-state index contributed by atoms with van der Waals surface area (Å²) < 4.78 is 1.78. The molecule has 0 aliphatic carbocycles. The fourth-order valence-electron chi connectivity index (χ4n) is 2.99. The average molecular weight is 329 g/mol. The minimum Gasteiger partial charge on any atom is -0.350 e. The zero-order chi connectivity index (χ0) is 17.1. The molecule has 128 valence electrons. The molecule has 0 bridgehead atoms. The Balaban J connectivity index is 1.51. The summed E-state index contributed by atoms with van der Waals surface area (Å²) in [7, 11) is 1.88. The standard InChI is InChI=1S/C16H23N7O/c1-11-15(12(2)22(3)21-11)20-14(24)10-23-8-5-13(9-23)19-16-17-6-4-7-18-16/h4,6-7,13H,5,8-10H2,1-3H3,(H,20,24)(H,17,18,19). The summed E-state index contributed by atoms with van der Waals surface area (Å²) in [5.41, 5.74) is 2.61. The van der Waals surface area contributed by atoms with E-state index in [1.165, 1.54) is 0 Å². The molecule has 1 atom stereocenters. The van der Waals surface area contributed by atoms with E-state index in [-0.39, 0.29) is 11.9 Å². The molecular formula is C16H23N7O. The third-order valence-corrected chi connectivity index (χ3v) is 4.31. The second-order valence-electron chi connectivity index (χ2n) is 6.16. The van der Waals surface area contributed by atoms with Gasteiger partial charge in [-0.1, -0.05) is 0 Å². The predicted octanol–water partition coefficient (Wildman–Crippen LogP) is 0.952. The van der Waals surface area contributed by atoms with Crippen molar-refractivity contribution in [2.45, 2.75) is 26.3 Å². The number of carbonyl (C=O) groups excluding carboxylic acids is 1. The van der Waals surface area contributed by atoms with Gasteiger partial charge in [0.2, 0.25) is 11.9 Å². The zero-order valence-electron chi connectivity index (χ0n) is 14.3. The summed E-state index contributed by atoms with van der Waals surface area (Å²) >= 11 is 0. The molecule has 3 heterocycles. The average Bonchev–Trinajstić information content (AvgIpc) is 3.08. The molecule has 0 saturated carbocycles. The molecule has 2 N–H and O–H groups in total. The highest BCUT2D eigenvalue weighted by molar-refractivity contribution is 5.93. The molecule has 1 unspecified atom stereocenters. The van der Waals surface area contributed by atoms with Gasteiger partial charge in [-0.25, -0.2) is 9.97 Å². The van der Waals surface area contributed by atoms with Crippen molar-refractivity contribution in [3.8, 4) is 0 Å². The minimum atomic E-state index is -0.00851. The molecule has 24 heavy (non-hydrogen) atoms. The van der Waals surface area contributed by atoms with Crippen LogP contribution in [-0.2, 0) is 11.8 Å². The first-order chi connectivity index (χ1) is 11.5. The van der Waals surface area contributed by atoms with Crippen LogP contribution in [0.4, 0.5) is 11.6 Å². The summed E-state index contributed by atoms with van der Waals surface area (Å²) in [6, 6.07) is 2.06. The van der Waals surface area contributed by atoms with Crippen LogP contribution in [-0.4, -0.2) is 56.2 Å². The molecule has 1 fully saturated rings. The number of carbonyl (C=O) groups is 1. The maximum Gasteiger partial charge on any atom is 0.238 e. The second kappa shape index (κ2) is 6.96. The number of aromatic nitrogens is 4. The number of rotatable bonds is 5. The van der Waals surface area contributed by atoms with E-state index in [2.05, 4.69) is 30.6 Å². The maximum absolute atomic E-state index is 12.3. The van der Waals surface area contributed by atoms with E-state index in [0.29, 0.717) is 12.5 Å². The van der Waals surface area contributed by atoms with Crippen molar-refractivity contribution >= 4 is 17.5 Å². The van der Waals surface area contributed by atoms with Crippen molar-refractivity contribution in [1.29, 1.82) is 0 Å². The van der Waals surface area contributed by atoms with E-state index >= 15 is 0 Å². The van der Waals surface area contributed by atoms with Gasteiger partial charge in [-0.2, -0.15) is 5.10 Å². The van der Waals surface area contributed by atoms with Crippen LogP contribution >= 0.6 is 0 Å². The summed E-state index contributed by atoms with van der Waals surface area (Å²) in [4.78, 5) is 22.8. The summed E-state index contributed by atoms with van der Waals surface area (Å²) in [5, 5.41) is 10.6. The Hall–Kier alpha value is -2.48. The molecule has 0 aromatic carbocycles. The van der Waals surface area contributed by atoms with Gasteiger partial charge >= 0.3 is 0 Å². The molecule has 0 spiro atoms. The van der Waals surface area contributed by atoms with E-state index in [1.807, 2.05) is 20.9 Å². The SMILES string of the molecule is Cc1nn(C)c(C)c1NC(=O)CN1CCC(Nc2ncccn2)C1. The van der Waals surface area contributed by atoms with Gasteiger partial charge in [0.1, 0.15) is 0 Å². The fraction of sp³-hybridized carbons (Fsp3) is 0.500. The molecule has 1 aliphatic heterocycles. The van der Waals surface area contributed by atoms with Gasteiger partial charge in [-0.15, -0.1) is 0 Å². The van der Waals surface area contributed by atoms with Crippen LogP contribution in [0.15, 0.2) is 18.5 Å². The number of amides is 1. The third-order valence-electron chi connectivity index (χ3n) is 4.31. The molecule has 3 rings (SSSR count). The molecule has 2 aromatic rings. The predicted molar refractivity (Wildman–Crippen MR) is 91.8 cm³/mol. The highest BCUT2D eigenvalue weighted by Crippen LogP contribution is 2.19. The van der Waals surface area contributed by atoms with Crippen LogP contribution < -0.4 is 10.6 Å². The normalized spacial score (nSPS) is 17.9. The molecule has 8 nitrogen and oxygen atoms in total. The number of likely N-dealkylation sites (tertiary alicyclic amines) is 1. The van der Waals surface area contributed by atoms with E-state index in [0.717, 1.165) is 36.6 Å². The Bertz CT molecular complexity index is 713. The highest BCUT2D eigenvalue weighted by Gasteiger charge is 2.25. The van der Waals surface area contributed by atoms with Crippen LogP contribution in [0, 0.1) is 13.8 Å². The van der Waals surface area contributed by atoms with Crippen molar-refractivity contribution in [3.63, 3.8) is 0 Å². The maximum atomic E-state index is 12.3. The summed E-state index contributed by atoms with van der Waals surface area (Å²) in [6.45, 7) is 5.91. The van der Waals surface area contributed by atoms with Crippen molar-refractivity contribution < 1.29 is 4.79 Å². The number of nitrogens with one attached hydrogen (secondary N) is 2. The lowest BCUT2D eigenvalue weighted by Gasteiger charge is -2.16. The second-order valence-corrected chi connectivity index (χ2v) is 6.16. The molecule has 1 aliphatic rings. The van der Waals surface area contributed by atoms with Gasteiger partial charge in [0.15, 0.2) is 0 Å². The lowest BCUT2D eigenvalue weighted by molar-refractivity contribution is -0.117. The lowest BCUT2D eigenvalue weighted by atomic mass is 10.3. The summed E-state index contributed by atoms with van der Waals surface area (Å²) in [6.07, 6.45) is 4.40. The van der Waals surface area contributed by atoms with Gasteiger partial charge in [0.05, 0.1) is 23.6 Å². The topological polar surface area (TPSA) is 88.0 Å². The molecular weight excluding hydrogens is 306 g/mol. The fourth-order valence-corrected chi connectivity index (χ4v) is 2.99. The number of hydrogen-bond donors (Lipinski definition) is 2. The van der Waals surface area contributed by atoms with E-state index < -0.39 is 0 Å². The molecule has 1 amide bonds. The quantitative estimate of drug-likeness (QED) is 0.849. The van der Waals surface area contributed by atoms with E-state index in [4.69, 9.17) is 0 Å². The van der Waals surface area contributed by atoms with Crippen LogP contribution in [0.3, 0.4) is 0 Å².